The van der Waals surface area contributed by atoms with Gasteiger partial charge in [0.2, 0.25) is 0 Å². The fraction of sp³-hybridized carbons (Fsp3) is 0.294. The Bertz CT molecular complexity index is 647. The average molecular weight is 313 g/mol. The number of hydrogen-bond donors (Lipinski definition) is 1. The first-order valence-electron chi connectivity index (χ1n) is 7.39. The first kappa shape index (κ1) is 14.9. The zero-order valence-electron chi connectivity index (χ0n) is 12.5. The summed E-state index contributed by atoms with van der Waals surface area (Å²) in [6, 6.07) is 12.0. The number of rotatable bonds is 3. The molecule has 1 N–H and O–H groups in total. The molecule has 1 fully saturated rings. The highest BCUT2D eigenvalue weighted by molar-refractivity contribution is 7.98. The predicted molar refractivity (Wildman–Crippen MR) is 90.2 cm³/mol. The van der Waals surface area contributed by atoms with Crippen molar-refractivity contribution in [3.8, 4) is 0 Å². The van der Waals surface area contributed by atoms with Crippen molar-refractivity contribution in [1.82, 2.24) is 9.88 Å². The van der Waals surface area contributed by atoms with Gasteiger partial charge in [-0.1, -0.05) is 12.1 Å². The van der Waals surface area contributed by atoms with Crippen molar-refractivity contribution >= 4 is 23.5 Å². The van der Waals surface area contributed by atoms with Crippen LogP contribution in [0.4, 0.5) is 10.5 Å². The van der Waals surface area contributed by atoms with E-state index in [1.165, 1.54) is 0 Å². The van der Waals surface area contributed by atoms with Crippen molar-refractivity contribution < 1.29 is 4.79 Å². The van der Waals surface area contributed by atoms with Crippen molar-refractivity contribution in [3.05, 3.63) is 54.4 Å². The molecule has 1 saturated heterocycles. The van der Waals surface area contributed by atoms with Crippen LogP contribution in [0.3, 0.4) is 0 Å². The molecule has 0 bridgehead atoms. The van der Waals surface area contributed by atoms with E-state index in [9.17, 15) is 4.79 Å². The number of hydrogen-bond acceptors (Lipinski definition) is 3. The molecule has 1 aromatic heterocycles. The summed E-state index contributed by atoms with van der Waals surface area (Å²) in [5, 5.41) is 3.01. The maximum Gasteiger partial charge on any atom is 0.322 e. The molecule has 0 aliphatic carbocycles. The number of urea groups is 1. The molecule has 0 radical (unpaired) electrons. The maximum atomic E-state index is 12.6. The number of aromatic nitrogens is 1. The lowest BCUT2D eigenvalue weighted by atomic mass is 10.1. The summed E-state index contributed by atoms with van der Waals surface area (Å²) in [6.45, 7) is 0.785. The number of anilines is 1. The molecule has 2 amide bonds. The normalized spacial score (nSPS) is 17.5. The first-order valence-corrected chi connectivity index (χ1v) is 8.62. The van der Waals surface area contributed by atoms with Crippen LogP contribution in [-0.2, 0) is 0 Å². The van der Waals surface area contributed by atoms with E-state index in [2.05, 4.69) is 10.3 Å². The van der Waals surface area contributed by atoms with Crippen molar-refractivity contribution in [2.24, 2.45) is 0 Å². The minimum atomic E-state index is -0.0374. The number of pyridine rings is 1. The Hall–Kier alpha value is -2.01. The standard InChI is InChI=1S/C17H19N3OS/c1-22-15-7-2-6-14(11-15)19-17(21)20-10-4-8-16(20)13-5-3-9-18-12-13/h2-3,5-7,9,11-12,16H,4,8,10H2,1H3,(H,19,21). The van der Waals surface area contributed by atoms with Gasteiger partial charge in [-0.05, 0) is 48.9 Å². The number of benzene rings is 1. The average Bonchev–Trinajstić information content (AvgIpc) is 3.05. The van der Waals surface area contributed by atoms with Crippen LogP contribution in [0.25, 0.3) is 0 Å². The van der Waals surface area contributed by atoms with E-state index in [1.54, 1.807) is 18.0 Å². The number of amides is 2. The molecule has 1 aliphatic heterocycles. The highest BCUT2D eigenvalue weighted by Crippen LogP contribution is 2.32. The summed E-state index contributed by atoms with van der Waals surface area (Å²) < 4.78 is 0. The van der Waals surface area contributed by atoms with Crippen LogP contribution in [0.15, 0.2) is 53.7 Å². The van der Waals surface area contributed by atoms with E-state index >= 15 is 0 Å². The minimum Gasteiger partial charge on any atom is -0.317 e. The molecule has 4 nitrogen and oxygen atoms in total. The Morgan fingerprint density at radius 3 is 3.05 bits per heavy atom. The summed E-state index contributed by atoms with van der Waals surface area (Å²) in [7, 11) is 0. The summed E-state index contributed by atoms with van der Waals surface area (Å²) >= 11 is 1.67. The molecule has 1 atom stereocenters. The van der Waals surface area contributed by atoms with Crippen molar-refractivity contribution in [2.45, 2.75) is 23.8 Å². The zero-order valence-corrected chi connectivity index (χ0v) is 13.3. The predicted octanol–water partition coefficient (Wildman–Crippen LogP) is 4.17. The van der Waals surface area contributed by atoms with Crippen molar-refractivity contribution in [3.63, 3.8) is 0 Å². The highest BCUT2D eigenvalue weighted by Gasteiger charge is 2.30. The van der Waals surface area contributed by atoms with E-state index in [1.807, 2.05) is 53.8 Å². The number of likely N-dealkylation sites (tertiary alicyclic amines) is 1. The number of nitrogens with zero attached hydrogens (tertiary/aromatic N) is 2. The second-order valence-electron chi connectivity index (χ2n) is 5.30. The van der Waals surface area contributed by atoms with Gasteiger partial charge in [-0.15, -0.1) is 11.8 Å². The topological polar surface area (TPSA) is 45.2 Å². The Labute approximate surface area is 134 Å². The SMILES string of the molecule is CSc1cccc(NC(=O)N2CCCC2c2cccnc2)c1. The number of carbonyl (C=O) groups is 1. The lowest BCUT2D eigenvalue weighted by Gasteiger charge is -2.25. The van der Waals surface area contributed by atoms with Gasteiger partial charge in [0.1, 0.15) is 0 Å². The third-order valence-electron chi connectivity index (χ3n) is 3.90. The molecule has 0 saturated carbocycles. The largest absolute Gasteiger partial charge is 0.322 e. The molecule has 114 valence electrons. The quantitative estimate of drug-likeness (QED) is 0.865. The van der Waals surface area contributed by atoms with Crippen LogP contribution in [0.5, 0.6) is 0 Å². The monoisotopic (exact) mass is 313 g/mol. The third-order valence-corrected chi connectivity index (χ3v) is 4.63. The van der Waals surface area contributed by atoms with E-state index in [4.69, 9.17) is 0 Å². The Balaban J connectivity index is 1.73. The summed E-state index contributed by atoms with van der Waals surface area (Å²) in [4.78, 5) is 19.8. The molecule has 2 heterocycles. The molecular weight excluding hydrogens is 294 g/mol. The van der Waals surface area contributed by atoms with Gasteiger partial charge in [0.25, 0.3) is 0 Å². The van der Waals surface area contributed by atoms with Gasteiger partial charge >= 0.3 is 6.03 Å². The number of thioether (sulfide) groups is 1. The Morgan fingerprint density at radius 1 is 1.36 bits per heavy atom. The number of nitrogens with one attached hydrogen (secondary N) is 1. The fourth-order valence-corrected chi connectivity index (χ4v) is 3.29. The van der Waals surface area contributed by atoms with Crippen molar-refractivity contribution in [1.29, 1.82) is 0 Å². The second kappa shape index (κ2) is 6.83. The van der Waals surface area contributed by atoms with Crippen LogP contribution >= 0.6 is 11.8 Å². The van der Waals surface area contributed by atoms with E-state index in [0.717, 1.165) is 35.5 Å². The van der Waals surface area contributed by atoms with Gasteiger partial charge in [0.05, 0.1) is 6.04 Å². The maximum absolute atomic E-state index is 12.6. The van der Waals surface area contributed by atoms with Gasteiger partial charge < -0.3 is 10.2 Å². The number of carbonyl (C=O) groups excluding carboxylic acids is 1. The van der Waals surface area contributed by atoms with Crippen molar-refractivity contribution in [2.75, 3.05) is 18.1 Å². The Kier molecular flexibility index (Phi) is 4.63. The molecule has 1 aromatic carbocycles. The van der Waals surface area contributed by atoms with Gasteiger partial charge in [-0.2, -0.15) is 0 Å². The third kappa shape index (κ3) is 3.25. The van der Waals surface area contributed by atoms with Gasteiger partial charge in [-0.25, -0.2) is 4.79 Å². The van der Waals surface area contributed by atoms with E-state index in [0.29, 0.717) is 0 Å². The van der Waals surface area contributed by atoms with Crippen LogP contribution < -0.4 is 5.32 Å². The second-order valence-corrected chi connectivity index (χ2v) is 6.18. The Morgan fingerprint density at radius 2 is 2.27 bits per heavy atom. The molecule has 1 unspecified atom stereocenters. The van der Waals surface area contributed by atoms with Gasteiger partial charge in [0, 0.05) is 29.5 Å². The van der Waals surface area contributed by atoms with E-state index in [-0.39, 0.29) is 12.1 Å². The summed E-state index contributed by atoms with van der Waals surface area (Å²) in [5.41, 5.74) is 1.95. The van der Waals surface area contributed by atoms with Crippen LogP contribution in [0, 0.1) is 0 Å². The molecule has 22 heavy (non-hydrogen) atoms. The first-order chi connectivity index (χ1) is 10.8. The molecular formula is C17H19N3OS. The van der Waals surface area contributed by atoms with Gasteiger partial charge in [-0.3, -0.25) is 4.98 Å². The summed E-state index contributed by atoms with van der Waals surface area (Å²) in [6.07, 6.45) is 7.66. The fourth-order valence-electron chi connectivity index (χ4n) is 2.83. The lowest BCUT2D eigenvalue weighted by molar-refractivity contribution is 0.207. The summed E-state index contributed by atoms with van der Waals surface area (Å²) in [5.74, 6) is 0. The van der Waals surface area contributed by atoms with Gasteiger partial charge in [0.15, 0.2) is 0 Å². The smallest absolute Gasteiger partial charge is 0.317 e. The molecule has 2 aromatic rings. The van der Waals surface area contributed by atoms with Crippen LogP contribution in [0.1, 0.15) is 24.4 Å². The highest BCUT2D eigenvalue weighted by atomic mass is 32.2. The lowest BCUT2D eigenvalue weighted by Crippen LogP contribution is -2.34. The molecule has 1 aliphatic rings. The zero-order chi connectivity index (χ0) is 15.4. The minimum absolute atomic E-state index is 0.0374. The van der Waals surface area contributed by atoms with E-state index < -0.39 is 0 Å². The molecule has 0 spiro atoms. The molecule has 3 rings (SSSR count). The van der Waals surface area contributed by atoms with Crippen LogP contribution in [-0.4, -0.2) is 28.7 Å². The molecule has 5 heteroatoms. The van der Waals surface area contributed by atoms with Crippen LogP contribution in [0.2, 0.25) is 0 Å².